The van der Waals surface area contributed by atoms with Crippen LogP contribution in [0.2, 0.25) is 0 Å². The molecule has 0 radical (unpaired) electrons. The lowest BCUT2D eigenvalue weighted by molar-refractivity contribution is -0.134. The summed E-state index contributed by atoms with van der Waals surface area (Å²) in [6, 6.07) is 3.91. The molecular formula is C24H32FN5O3. The molecule has 0 saturated carbocycles. The first-order valence-electron chi connectivity index (χ1n) is 10.9. The first-order valence-corrected chi connectivity index (χ1v) is 10.9. The summed E-state index contributed by atoms with van der Waals surface area (Å²) >= 11 is 0. The molecule has 1 aromatic heterocycles. The Morgan fingerprint density at radius 2 is 2.09 bits per heavy atom. The van der Waals surface area contributed by atoms with Crippen molar-refractivity contribution >= 4 is 24.2 Å². The van der Waals surface area contributed by atoms with Gasteiger partial charge in [-0.05, 0) is 50.9 Å². The summed E-state index contributed by atoms with van der Waals surface area (Å²) in [6.07, 6.45) is 3.74. The fourth-order valence-electron chi connectivity index (χ4n) is 3.85. The zero-order valence-corrected chi connectivity index (χ0v) is 19.4. The van der Waals surface area contributed by atoms with Gasteiger partial charge < -0.3 is 30.0 Å². The highest BCUT2D eigenvalue weighted by Gasteiger charge is 2.25. The van der Waals surface area contributed by atoms with Crippen LogP contribution >= 0.6 is 0 Å². The first-order chi connectivity index (χ1) is 15.9. The number of H-pyrrole nitrogens is 1. The number of nitrogens with one attached hydrogen (secondary N) is 1. The van der Waals surface area contributed by atoms with E-state index in [4.69, 9.17) is 15.2 Å². The summed E-state index contributed by atoms with van der Waals surface area (Å²) in [5, 5.41) is 0. The molecule has 178 valence electrons. The molecule has 0 bridgehead atoms. The summed E-state index contributed by atoms with van der Waals surface area (Å²) in [7, 11) is 3.61. The van der Waals surface area contributed by atoms with Gasteiger partial charge >= 0.3 is 0 Å². The third-order valence-corrected chi connectivity index (χ3v) is 5.71. The lowest BCUT2D eigenvalue weighted by Gasteiger charge is -2.33. The van der Waals surface area contributed by atoms with Gasteiger partial charge in [0, 0.05) is 45.0 Å². The predicted octanol–water partition coefficient (Wildman–Crippen LogP) is 2.72. The number of rotatable bonds is 9. The van der Waals surface area contributed by atoms with Crippen molar-refractivity contribution in [2.45, 2.75) is 26.0 Å². The van der Waals surface area contributed by atoms with E-state index in [-0.39, 0.29) is 18.1 Å². The molecule has 3 rings (SSSR count). The van der Waals surface area contributed by atoms with E-state index >= 15 is 0 Å². The lowest BCUT2D eigenvalue weighted by Crippen LogP contribution is -2.52. The second-order valence-electron chi connectivity index (χ2n) is 8.09. The van der Waals surface area contributed by atoms with E-state index in [1.54, 1.807) is 43.3 Å². The van der Waals surface area contributed by atoms with Crippen LogP contribution in [-0.2, 0) is 22.6 Å². The summed E-state index contributed by atoms with van der Waals surface area (Å²) < 4.78 is 26.0. The number of piperazine rings is 1. The smallest absolute Gasteiger partial charge is 0.239 e. The topological polar surface area (TPSA) is 96.2 Å². The molecule has 1 atom stereocenters. The van der Waals surface area contributed by atoms with Gasteiger partial charge in [0.05, 0.1) is 18.2 Å². The number of benzene rings is 1. The maximum atomic E-state index is 14.9. The van der Waals surface area contributed by atoms with Gasteiger partial charge in [0.1, 0.15) is 11.6 Å². The predicted molar refractivity (Wildman–Crippen MR) is 127 cm³/mol. The van der Waals surface area contributed by atoms with Gasteiger partial charge in [0.25, 0.3) is 0 Å². The third-order valence-electron chi connectivity index (χ3n) is 5.71. The molecule has 1 aliphatic rings. The van der Waals surface area contributed by atoms with Crippen molar-refractivity contribution in [2.75, 3.05) is 40.3 Å². The van der Waals surface area contributed by atoms with E-state index in [9.17, 15) is 9.18 Å². The average Bonchev–Trinajstić information content (AvgIpc) is 3.21. The minimum atomic E-state index is -0.719. The summed E-state index contributed by atoms with van der Waals surface area (Å²) in [4.78, 5) is 23.6. The number of hydrogen-bond acceptors (Lipinski definition) is 6. The number of aliphatic imine (C=N–C) groups is 1. The molecule has 1 fully saturated rings. The Morgan fingerprint density at radius 1 is 1.36 bits per heavy atom. The Labute approximate surface area is 193 Å². The molecule has 1 aromatic carbocycles. The Balaban J connectivity index is 1.71. The van der Waals surface area contributed by atoms with E-state index in [0.717, 1.165) is 18.7 Å². The molecule has 0 unspecified atom stereocenters. The van der Waals surface area contributed by atoms with Crippen molar-refractivity contribution in [1.29, 1.82) is 0 Å². The van der Waals surface area contributed by atoms with Crippen LogP contribution in [0.15, 0.2) is 35.5 Å². The SMILES string of the molecule is C=Nc1[nH]cc(COC)c1/C(=C\C)Oc1ccc(C[C@H](N)C(=O)N2CCN(C)CC2)cc1F. The van der Waals surface area contributed by atoms with Crippen LogP contribution < -0.4 is 10.5 Å². The first kappa shape index (κ1) is 24.6. The van der Waals surface area contributed by atoms with Gasteiger partial charge in [0.15, 0.2) is 11.6 Å². The number of methoxy groups -OCH3 is 1. The van der Waals surface area contributed by atoms with E-state index in [0.29, 0.717) is 42.4 Å². The number of nitrogens with zero attached hydrogens (tertiary/aromatic N) is 3. The molecule has 33 heavy (non-hydrogen) atoms. The minimum Gasteiger partial charge on any atom is -0.454 e. The number of carbonyl (C=O) groups excluding carboxylic acids is 1. The van der Waals surface area contributed by atoms with Gasteiger partial charge in [0.2, 0.25) is 5.91 Å². The number of amides is 1. The highest BCUT2D eigenvalue weighted by molar-refractivity contribution is 5.82. The van der Waals surface area contributed by atoms with E-state index in [1.165, 1.54) is 6.07 Å². The third kappa shape index (κ3) is 5.87. The maximum Gasteiger partial charge on any atom is 0.239 e. The minimum absolute atomic E-state index is 0.0606. The van der Waals surface area contributed by atoms with Gasteiger partial charge in [-0.15, -0.1) is 0 Å². The van der Waals surface area contributed by atoms with Crippen molar-refractivity contribution in [3.63, 3.8) is 0 Å². The fraction of sp³-hybridized carbons (Fsp3) is 0.417. The summed E-state index contributed by atoms with van der Waals surface area (Å²) in [5.74, 6) is 0.357. The van der Waals surface area contributed by atoms with Crippen molar-refractivity contribution in [3.8, 4) is 5.75 Å². The Bertz CT molecular complexity index is 1010. The number of ether oxygens (including phenoxy) is 2. The van der Waals surface area contributed by atoms with Crippen LogP contribution in [0.1, 0.15) is 23.6 Å². The normalized spacial score (nSPS) is 16.0. The molecule has 2 aromatic rings. The monoisotopic (exact) mass is 457 g/mol. The van der Waals surface area contributed by atoms with Gasteiger partial charge in [-0.1, -0.05) is 6.07 Å². The lowest BCUT2D eigenvalue weighted by atomic mass is 10.0. The Kier molecular flexibility index (Phi) is 8.37. The quantitative estimate of drug-likeness (QED) is 0.446. The van der Waals surface area contributed by atoms with Crippen LogP contribution in [-0.4, -0.2) is 73.8 Å². The zero-order chi connectivity index (χ0) is 24.0. The average molecular weight is 458 g/mol. The van der Waals surface area contributed by atoms with E-state index < -0.39 is 11.9 Å². The molecule has 1 amide bonds. The molecule has 9 heteroatoms. The van der Waals surface area contributed by atoms with E-state index in [2.05, 4.69) is 21.6 Å². The molecule has 1 aliphatic heterocycles. The molecule has 0 spiro atoms. The highest BCUT2D eigenvalue weighted by Crippen LogP contribution is 2.33. The van der Waals surface area contributed by atoms with Crippen molar-refractivity contribution < 1.29 is 18.7 Å². The fourth-order valence-corrected chi connectivity index (χ4v) is 3.85. The van der Waals surface area contributed by atoms with Crippen molar-refractivity contribution in [1.82, 2.24) is 14.8 Å². The number of aromatic amines is 1. The summed E-state index contributed by atoms with van der Waals surface area (Å²) in [5.41, 5.74) is 8.26. The van der Waals surface area contributed by atoms with Crippen LogP contribution in [0.25, 0.3) is 5.76 Å². The van der Waals surface area contributed by atoms with Crippen LogP contribution in [0.4, 0.5) is 10.2 Å². The molecule has 2 heterocycles. The Hall–Kier alpha value is -3.01. The van der Waals surface area contributed by atoms with Gasteiger partial charge in [-0.2, -0.15) is 0 Å². The molecule has 1 saturated heterocycles. The van der Waals surface area contributed by atoms with Crippen LogP contribution in [0.5, 0.6) is 5.75 Å². The van der Waals surface area contributed by atoms with Crippen molar-refractivity contribution in [3.05, 3.63) is 53.0 Å². The molecular weight excluding hydrogens is 425 g/mol. The number of nitrogens with two attached hydrogens (primary N) is 1. The summed E-state index contributed by atoms with van der Waals surface area (Å²) in [6.45, 7) is 8.66. The van der Waals surface area contributed by atoms with Gasteiger partial charge in [-0.3, -0.25) is 4.79 Å². The Morgan fingerprint density at radius 3 is 2.70 bits per heavy atom. The maximum absolute atomic E-state index is 14.9. The number of allylic oxidation sites excluding steroid dienone is 1. The second-order valence-corrected chi connectivity index (χ2v) is 8.09. The van der Waals surface area contributed by atoms with Crippen LogP contribution in [0, 0.1) is 5.82 Å². The zero-order valence-electron chi connectivity index (χ0n) is 19.4. The molecule has 8 nitrogen and oxygen atoms in total. The second kappa shape index (κ2) is 11.2. The number of halogens is 1. The number of likely N-dealkylation sites (N-methyl/N-ethyl adjacent to an activating group) is 1. The van der Waals surface area contributed by atoms with Gasteiger partial charge in [-0.25, -0.2) is 9.38 Å². The number of hydrogen-bond donors (Lipinski definition) is 2. The highest BCUT2D eigenvalue weighted by atomic mass is 19.1. The standard InChI is InChI=1S/C24H32FN5O3/c1-5-20(22-17(15-32-4)14-28-23(22)27-2)33-21-7-6-16(12-18(21)25)13-19(26)24(31)30-10-8-29(3)9-11-30/h5-7,12,14,19,28H,2,8-11,13,15,26H2,1,3-4H3/b20-5+/t19-/m0/s1. The largest absolute Gasteiger partial charge is 0.454 e. The number of aromatic nitrogens is 1. The molecule has 0 aliphatic carbocycles. The van der Waals surface area contributed by atoms with Crippen molar-refractivity contribution in [2.24, 2.45) is 10.7 Å². The van der Waals surface area contributed by atoms with E-state index in [1.807, 2.05) is 7.05 Å². The van der Waals surface area contributed by atoms with Crippen LogP contribution in [0.3, 0.4) is 0 Å². The molecule has 3 N–H and O–H groups in total. The number of carbonyl (C=O) groups is 1.